The molecule has 12 heteroatoms. The molecule has 3 atom stereocenters. The number of para-hydroxylation sites is 1. The fourth-order valence-electron chi connectivity index (χ4n) is 3.98. The van der Waals surface area contributed by atoms with Crippen molar-refractivity contribution in [2.24, 2.45) is 15.9 Å². The molecular weight excluding hydrogens is 496 g/mol. The highest BCUT2D eigenvalue weighted by Crippen LogP contribution is 2.38. The zero-order valence-corrected chi connectivity index (χ0v) is 23.1. The Morgan fingerprint density at radius 3 is 2.43 bits per heavy atom. The van der Waals surface area contributed by atoms with E-state index in [1.807, 2.05) is 13.8 Å². The standard InChI is InChI=1S/C25H36N6O5S/c1-16(2)15-27-23(26-5)17(3)18(4)37(32,33)30-25-29-28-24(21-11-8-9-14-36-21)31(25)22-19(34-6)12-10-13-20(22)35-7/h10,12-13,15,17-18,21H,5,8-9,11,14H2,1-4,6-7H3,(H,29,30)/t17-,18-,21-/m0/s1. The monoisotopic (exact) mass is 532 g/mol. The highest BCUT2D eigenvalue weighted by atomic mass is 32.2. The first-order chi connectivity index (χ1) is 17.6. The van der Waals surface area contributed by atoms with Gasteiger partial charge in [-0.3, -0.25) is 9.29 Å². The molecule has 1 saturated heterocycles. The van der Waals surface area contributed by atoms with Gasteiger partial charge in [0.1, 0.15) is 29.1 Å². The topological polar surface area (TPSA) is 129 Å². The van der Waals surface area contributed by atoms with Crippen molar-refractivity contribution >= 4 is 28.5 Å². The van der Waals surface area contributed by atoms with Crippen molar-refractivity contribution in [2.75, 3.05) is 25.5 Å². The molecule has 0 bridgehead atoms. The van der Waals surface area contributed by atoms with Crippen LogP contribution in [0, 0.1) is 5.92 Å². The van der Waals surface area contributed by atoms with E-state index in [9.17, 15) is 8.42 Å². The third kappa shape index (κ3) is 6.37. The molecule has 1 aliphatic heterocycles. The molecule has 202 valence electrons. The quantitative estimate of drug-likeness (QED) is 0.356. The zero-order valence-electron chi connectivity index (χ0n) is 22.3. The lowest BCUT2D eigenvalue weighted by atomic mass is 10.1. The minimum absolute atomic E-state index is 0.000345. The maximum absolute atomic E-state index is 13.6. The Bertz CT molecular complexity index is 1240. The molecule has 1 aliphatic rings. The Morgan fingerprint density at radius 2 is 1.89 bits per heavy atom. The van der Waals surface area contributed by atoms with Gasteiger partial charge in [0.2, 0.25) is 16.0 Å². The van der Waals surface area contributed by atoms with E-state index in [0.29, 0.717) is 35.5 Å². The highest BCUT2D eigenvalue weighted by molar-refractivity contribution is 7.93. The van der Waals surface area contributed by atoms with Gasteiger partial charge in [-0.1, -0.05) is 18.6 Å². The van der Waals surface area contributed by atoms with Gasteiger partial charge in [-0.25, -0.2) is 18.4 Å². The SMILES string of the molecule is C=NC(=NC=C(C)C)[C@@H](C)[C@H](C)S(=O)(=O)Nc1nnc([C@@H]2CCCCO2)n1-c1c(OC)cccc1OC. The van der Waals surface area contributed by atoms with Gasteiger partial charge in [-0.15, -0.1) is 10.2 Å². The molecule has 0 radical (unpaired) electrons. The maximum atomic E-state index is 13.6. The van der Waals surface area contributed by atoms with Crippen LogP contribution in [-0.2, 0) is 14.8 Å². The summed E-state index contributed by atoms with van der Waals surface area (Å²) in [6.07, 6.45) is 3.90. The van der Waals surface area contributed by atoms with E-state index >= 15 is 0 Å². The van der Waals surface area contributed by atoms with Gasteiger partial charge in [-0.2, -0.15) is 0 Å². The number of nitrogens with zero attached hydrogens (tertiary/aromatic N) is 5. The van der Waals surface area contributed by atoms with E-state index in [0.717, 1.165) is 24.8 Å². The van der Waals surface area contributed by atoms with Gasteiger partial charge >= 0.3 is 0 Å². The van der Waals surface area contributed by atoms with Crippen LogP contribution in [-0.4, -0.2) is 61.8 Å². The van der Waals surface area contributed by atoms with Gasteiger partial charge in [0, 0.05) is 18.7 Å². The minimum Gasteiger partial charge on any atom is -0.494 e. The maximum Gasteiger partial charge on any atom is 0.243 e. The smallest absolute Gasteiger partial charge is 0.243 e. The van der Waals surface area contributed by atoms with Gasteiger partial charge in [-0.05, 0) is 58.9 Å². The number of amidine groups is 1. The number of hydrogen-bond acceptors (Lipinski definition) is 8. The molecule has 0 aliphatic carbocycles. The van der Waals surface area contributed by atoms with Crippen LogP contribution in [0.15, 0.2) is 40.0 Å². The van der Waals surface area contributed by atoms with Crippen molar-refractivity contribution in [2.45, 2.75) is 58.3 Å². The molecule has 2 aromatic rings. The van der Waals surface area contributed by atoms with E-state index in [4.69, 9.17) is 14.2 Å². The molecule has 11 nitrogen and oxygen atoms in total. The summed E-state index contributed by atoms with van der Waals surface area (Å²) in [5.74, 6) is 1.15. The number of aromatic nitrogens is 3. The number of rotatable bonds is 10. The van der Waals surface area contributed by atoms with E-state index in [1.54, 1.807) is 42.8 Å². The van der Waals surface area contributed by atoms with Crippen molar-refractivity contribution < 1.29 is 22.6 Å². The molecule has 0 spiro atoms. The van der Waals surface area contributed by atoms with Crippen LogP contribution in [0.5, 0.6) is 11.5 Å². The second kappa shape index (κ2) is 12.3. The minimum atomic E-state index is -3.98. The Morgan fingerprint density at radius 1 is 1.22 bits per heavy atom. The highest BCUT2D eigenvalue weighted by Gasteiger charge is 2.34. The lowest BCUT2D eigenvalue weighted by Gasteiger charge is -2.25. The molecule has 37 heavy (non-hydrogen) atoms. The normalized spacial score (nSPS) is 18.0. The van der Waals surface area contributed by atoms with Crippen LogP contribution in [0.1, 0.15) is 58.9 Å². The fraction of sp³-hybridized carbons (Fsp3) is 0.520. The van der Waals surface area contributed by atoms with E-state index < -0.39 is 21.2 Å². The molecule has 3 rings (SSSR count). The van der Waals surface area contributed by atoms with Crippen molar-refractivity contribution in [3.8, 4) is 17.2 Å². The third-order valence-electron chi connectivity index (χ3n) is 6.23. The Balaban J connectivity index is 2.09. The van der Waals surface area contributed by atoms with E-state index in [1.165, 1.54) is 14.2 Å². The number of benzene rings is 1. The summed E-state index contributed by atoms with van der Waals surface area (Å²) in [4.78, 5) is 8.27. The number of aliphatic imine (C=N–C) groups is 2. The van der Waals surface area contributed by atoms with Gasteiger partial charge in [0.05, 0.1) is 19.5 Å². The van der Waals surface area contributed by atoms with E-state index in [2.05, 4.69) is 31.6 Å². The first-order valence-electron chi connectivity index (χ1n) is 12.1. The van der Waals surface area contributed by atoms with Gasteiger partial charge in [0.15, 0.2) is 5.82 Å². The molecule has 1 aromatic carbocycles. The first-order valence-corrected chi connectivity index (χ1v) is 13.7. The summed E-state index contributed by atoms with van der Waals surface area (Å²) in [6, 6.07) is 5.30. The number of hydrogen-bond donors (Lipinski definition) is 1. The van der Waals surface area contributed by atoms with Crippen LogP contribution in [0.2, 0.25) is 0 Å². The Hall–Kier alpha value is -3.25. The number of allylic oxidation sites excluding steroid dienone is 1. The Kier molecular flexibility index (Phi) is 9.44. The van der Waals surface area contributed by atoms with Crippen molar-refractivity contribution in [3.05, 3.63) is 35.8 Å². The summed E-state index contributed by atoms with van der Waals surface area (Å²) in [7, 11) is -0.918. The fourth-order valence-corrected chi connectivity index (χ4v) is 5.22. The van der Waals surface area contributed by atoms with Crippen LogP contribution >= 0.6 is 0 Å². The summed E-state index contributed by atoms with van der Waals surface area (Å²) in [5, 5.41) is 7.66. The average Bonchev–Trinajstić information content (AvgIpc) is 3.30. The number of sulfonamides is 1. The van der Waals surface area contributed by atoms with E-state index in [-0.39, 0.29) is 12.1 Å². The molecule has 1 aromatic heterocycles. The lowest BCUT2D eigenvalue weighted by Crippen LogP contribution is -2.35. The number of nitrogens with one attached hydrogen (secondary N) is 1. The van der Waals surface area contributed by atoms with Crippen LogP contribution in [0.3, 0.4) is 0 Å². The molecule has 0 saturated carbocycles. The molecule has 1 fully saturated rings. The molecule has 0 amide bonds. The van der Waals surface area contributed by atoms with Crippen LogP contribution < -0.4 is 14.2 Å². The summed E-state index contributed by atoms with van der Waals surface area (Å²) >= 11 is 0. The Labute approximate surface area is 218 Å². The molecule has 2 heterocycles. The average molecular weight is 533 g/mol. The van der Waals surface area contributed by atoms with Gasteiger partial charge < -0.3 is 14.2 Å². The number of anilines is 1. The largest absolute Gasteiger partial charge is 0.494 e. The lowest BCUT2D eigenvalue weighted by molar-refractivity contribution is 0.00839. The third-order valence-corrected chi connectivity index (χ3v) is 8.09. The first kappa shape index (κ1) is 28.3. The summed E-state index contributed by atoms with van der Waals surface area (Å²) < 4.78 is 48.5. The summed E-state index contributed by atoms with van der Waals surface area (Å²) in [6.45, 7) is 11.3. The number of ether oxygens (including phenoxy) is 3. The van der Waals surface area contributed by atoms with Crippen LogP contribution in [0.25, 0.3) is 5.69 Å². The van der Waals surface area contributed by atoms with Crippen molar-refractivity contribution in [1.82, 2.24) is 14.8 Å². The predicted octanol–water partition coefficient (Wildman–Crippen LogP) is 4.32. The summed E-state index contributed by atoms with van der Waals surface area (Å²) in [5.41, 5.74) is 1.43. The molecular formula is C25H36N6O5S. The van der Waals surface area contributed by atoms with Crippen molar-refractivity contribution in [3.63, 3.8) is 0 Å². The second-order valence-corrected chi connectivity index (χ2v) is 11.1. The predicted molar refractivity (Wildman–Crippen MR) is 145 cm³/mol. The molecule has 0 unspecified atom stereocenters. The van der Waals surface area contributed by atoms with Crippen molar-refractivity contribution in [1.29, 1.82) is 0 Å². The zero-order chi connectivity index (χ0) is 27.2. The van der Waals surface area contributed by atoms with Crippen LogP contribution in [0.4, 0.5) is 5.95 Å². The van der Waals surface area contributed by atoms with Gasteiger partial charge in [0.25, 0.3) is 0 Å². The number of methoxy groups -OCH3 is 2. The second-order valence-electron chi connectivity index (χ2n) is 9.08. The molecule has 1 N–H and O–H groups in total.